The number of benzene rings is 3. The zero-order valence-electron chi connectivity index (χ0n) is 18.7. The molecule has 6 heteroatoms. The maximum atomic E-state index is 11.9. The van der Waals surface area contributed by atoms with Crippen LogP contribution in [0.2, 0.25) is 0 Å². The van der Waals surface area contributed by atoms with Crippen LogP contribution in [0.25, 0.3) is 0 Å². The molecule has 0 radical (unpaired) electrons. The fourth-order valence-corrected chi connectivity index (χ4v) is 5.46. The molecule has 166 valence electrons. The zero-order valence-corrected chi connectivity index (χ0v) is 19.5. The van der Waals surface area contributed by atoms with Gasteiger partial charge in [-0.1, -0.05) is 66.2 Å². The predicted molar refractivity (Wildman–Crippen MR) is 128 cm³/mol. The molecule has 0 saturated carbocycles. The van der Waals surface area contributed by atoms with Crippen molar-refractivity contribution < 1.29 is 17.5 Å². The molecule has 4 rings (SSSR count). The number of hydrogen-bond acceptors (Lipinski definition) is 3. The van der Waals surface area contributed by atoms with Gasteiger partial charge in [0.15, 0.2) is 0 Å². The molecule has 0 amide bonds. The molecule has 1 aliphatic heterocycles. The van der Waals surface area contributed by atoms with Crippen molar-refractivity contribution in [2.75, 3.05) is 11.4 Å². The Morgan fingerprint density at radius 2 is 1.59 bits per heavy atom. The summed E-state index contributed by atoms with van der Waals surface area (Å²) >= 11 is 0. The van der Waals surface area contributed by atoms with Crippen molar-refractivity contribution in [3.05, 3.63) is 94.5 Å². The fourth-order valence-electron chi connectivity index (χ4n) is 4.75. The lowest BCUT2D eigenvalue weighted by Gasteiger charge is -2.16. The molecule has 3 aromatic rings. The minimum atomic E-state index is -4.29. The molecule has 1 N–H and O–H groups in total. The number of rotatable bonds is 6. The van der Waals surface area contributed by atoms with Gasteiger partial charge in [-0.2, -0.15) is 8.42 Å². The topological polar surface area (TPSA) is 60.6 Å². The molecule has 3 aromatic carbocycles. The molecule has 0 fully saturated rings. The minimum absolute atomic E-state index is 0.0343. The highest BCUT2D eigenvalue weighted by molar-refractivity contribution is 7.85. The van der Waals surface area contributed by atoms with Gasteiger partial charge in [0.2, 0.25) is 6.34 Å². The van der Waals surface area contributed by atoms with Gasteiger partial charge in [0.1, 0.15) is 29.7 Å². The standard InChI is InChI=1S/C26H28N2O3S/c1-19-13-20(2)26(21(3)14-19)28-17-24(15-22-9-5-4-6-10-22)27(18-28)16-23-11-7-8-12-25(23)32(29,30)31/h4-14,18,24H,15-17H2,1-3H3/p+1/t24-/m0/s1. The Bertz CT molecular complexity index is 1240. The highest BCUT2D eigenvalue weighted by Crippen LogP contribution is 2.29. The van der Waals surface area contributed by atoms with Gasteiger partial charge in [0.05, 0.1) is 0 Å². The molecule has 0 aliphatic carbocycles. The molecule has 32 heavy (non-hydrogen) atoms. The molecule has 0 unspecified atom stereocenters. The second kappa shape index (κ2) is 8.88. The number of aryl methyl sites for hydroxylation is 3. The van der Waals surface area contributed by atoms with Gasteiger partial charge in [0, 0.05) is 12.0 Å². The second-order valence-electron chi connectivity index (χ2n) is 8.61. The lowest BCUT2D eigenvalue weighted by atomic mass is 10.0. The summed E-state index contributed by atoms with van der Waals surface area (Å²) in [6.07, 6.45) is 2.94. The van der Waals surface area contributed by atoms with Crippen LogP contribution in [0.1, 0.15) is 27.8 Å². The molecule has 0 aromatic heterocycles. The van der Waals surface area contributed by atoms with Crippen molar-refractivity contribution in [1.29, 1.82) is 0 Å². The highest BCUT2D eigenvalue weighted by Gasteiger charge is 2.34. The van der Waals surface area contributed by atoms with Gasteiger partial charge < -0.3 is 0 Å². The van der Waals surface area contributed by atoms with Gasteiger partial charge in [-0.15, -0.1) is 0 Å². The van der Waals surface area contributed by atoms with E-state index >= 15 is 0 Å². The van der Waals surface area contributed by atoms with E-state index in [-0.39, 0.29) is 10.9 Å². The summed E-state index contributed by atoms with van der Waals surface area (Å²) in [6, 6.07) is 21.5. The summed E-state index contributed by atoms with van der Waals surface area (Å²) in [7, 11) is -4.29. The van der Waals surface area contributed by atoms with E-state index in [0.29, 0.717) is 12.1 Å². The molecule has 1 aliphatic rings. The van der Waals surface area contributed by atoms with E-state index in [2.05, 4.69) is 60.9 Å². The molecule has 1 heterocycles. The second-order valence-corrected chi connectivity index (χ2v) is 10.0. The van der Waals surface area contributed by atoms with Crippen LogP contribution >= 0.6 is 0 Å². The van der Waals surface area contributed by atoms with E-state index in [4.69, 9.17) is 0 Å². The Kier molecular flexibility index (Phi) is 6.17. The average Bonchev–Trinajstić information content (AvgIpc) is 3.09. The fraction of sp³-hybridized carbons (Fsp3) is 0.269. The summed E-state index contributed by atoms with van der Waals surface area (Å²) in [5.41, 5.74) is 6.69. The van der Waals surface area contributed by atoms with Gasteiger partial charge in [-0.3, -0.25) is 9.13 Å². The van der Waals surface area contributed by atoms with E-state index in [1.807, 2.05) is 18.2 Å². The van der Waals surface area contributed by atoms with Crippen LogP contribution in [0.5, 0.6) is 0 Å². The average molecular weight is 450 g/mol. The van der Waals surface area contributed by atoms with Crippen LogP contribution < -0.4 is 4.90 Å². The Balaban J connectivity index is 1.73. The Morgan fingerprint density at radius 1 is 0.969 bits per heavy atom. The van der Waals surface area contributed by atoms with Crippen molar-refractivity contribution in [1.82, 2.24) is 0 Å². The van der Waals surface area contributed by atoms with E-state index in [1.165, 1.54) is 34.0 Å². The largest absolute Gasteiger partial charge is 0.294 e. The first kappa shape index (κ1) is 22.2. The molecule has 1 atom stereocenters. The Morgan fingerprint density at radius 3 is 2.25 bits per heavy atom. The van der Waals surface area contributed by atoms with Crippen molar-refractivity contribution in [2.24, 2.45) is 0 Å². The third kappa shape index (κ3) is 4.76. The Hall–Kier alpha value is -2.96. The van der Waals surface area contributed by atoms with E-state index in [9.17, 15) is 13.0 Å². The van der Waals surface area contributed by atoms with E-state index in [0.717, 1.165) is 13.0 Å². The predicted octanol–water partition coefficient (Wildman–Crippen LogP) is 4.53. The van der Waals surface area contributed by atoms with Crippen LogP contribution in [0.4, 0.5) is 5.69 Å². The maximum Gasteiger partial charge on any atom is 0.294 e. The van der Waals surface area contributed by atoms with Gasteiger partial charge in [0.25, 0.3) is 10.1 Å². The summed E-state index contributed by atoms with van der Waals surface area (Å²) in [6.45, 7) is 7.56. The minimum Gasteiger partial charge on any atom is -0.282 e. The van der Waals surface area contributed by atoms with Crippen molar-refractivity contribution in [2.45, 2.75) is 44.7 Å². The van der Waals surface area contributed by atoms with Crippen LogP contribution in [0, 0.1) is 20.8 Å². The van der Waals surface area contributed by atoms with Gasteiger partial charge >= 0.3 is 0 Å². The number of nitrogens with zero attached hydrogens (tertiary/aromatic N) is 2. The maximum absolute atomic E-state index is 11.9. The Labute approximate surface area is 190 Å². The molecular formula is C26H29N2O3S+. The summed E-state index contributed by atoms with van der Waals surface area (Å²) < 4.78 is 35.7. The molecule has 0 bridgehead atoms. The lowest BCUT2D eigenvalue weighted by Crippen LogP contribution is -2.29. The smallest absolute Gasteiger partial charge is 0.282 e. The van der Waals surface area contributed by atoms with Crippen molar-refractivity contribution >= 4 is 22.1 Å². The summed E-state index contributed by atoms with van der Waals surface area (Å²) in [5, 5.41) is 0. The molecule has 0 spiro atoms. The first-order valence-corrected chi connectivity index (χ1v) is 12.2. The first-order valence-electron chi connectivity index (χ1n) is 10.8. The normalized spacial score (nSPS) is 16.3. The SMILES string of the molecule is Cc1cc(C)c(N2C=[N+](Cc3ccccc3S(=O)(=O)O)[C@@H](Cc3ccccc3)C2)c(C)c1. The lowest BCUT2D eigenvalue weighted by molar-refractivity contribution is -0.567. The molecule has 5 nitrogen and oxygen atoms in total. The number of hydrogen-bond donors (Lipinski definition) is 1. The number of anilines is 1. The van der Waals surface area contributed by atoms with Crippen LogP contribution in [-0.4, -0.2) is 36.5 Å². The quantitative estimate of drug-likeness (QED) is 0.444. The molecule has 0 saturated heterocycles. The summed E-state index contributed by atoms with van der Waals surface area (Å²) in [5.74, 6) is 0. The van der Waals surface area contributed by atoms with E-state index in [1.54, 1.807) is 18.2 Å². The van der Waals surface area contributed by atoms with E-state index < -0.39 is 10.1 Å². The van der Waals surface area contributed by atoms with Crippen LogP contribution in [-0.2, 0) is 23.1 Å². The molecular weight excluding hydrogens is 420 g/mol. The van der Waals surface area contributed by atoms with Gasteiger partial charge in [-0.25, -0.2) is 4.90 Å². The highest BCUT2D eigenvalue weighted by atomic mass is 32.2. The third-order valence-corrected chi connectivity index (χ3v) is 6.96. The van der Waals surface area contributed by atoms with Crippen molar-refractivity contribution in [3.8, 4) is 0 Å². The van der Waals surface area contributed by atoms with Gasteiger partial charge in [-0.05, 0) is 43.5 Å². The summed E-state index contributed by atoms with van der Waals surface area (Å²) in [4.78, 5) is 2.24. The van der Waals surface area contributed by atoms with Crippen LogP contribution in [0.15, 0.2) is 71.6 Å². The first-order chi connectivity index (χ1) is 15.2. The zero-order chi connectivity index (χ0) is 22.9. The van der Waals surface area contributed by atoms with Crippen molar-refractivity contribution in [3.63, 3.8) is 0 Å². The van der Waals surface area contributed by atoms with Crippen LogP contribution in [0.3, 0.4) is 0 Å². The third-order valence-electron chi connectivity index (χ3n) is 6.00. The monoisotopic (exact) mass is 449 g/mol.